The number of rotatable bonds is 5. The lowest BCUT2D eigenvalue weighted by Gasteiger charge is -2.13. The van der Waals surface area contributed by atoms with E-state index in [1.54, 1.807) is 24.3 Å². The fourth-order valence-electron chi connectivity index (χ4n) is 2.14. The van der Waals surface area contributed by atoms with Crippen LogP contribution in [0, 0.1) is 0 Å². The third-order valence-corrected chi connectivity index (χ3v) is 3.12. The van der Waals surface area contributed by atoms with Gasteiger partial charge in [-0.3, -0.25) is 9.59 Å². The predicted octanol–water partition coefficient (Wildman–Crippen LogP) is 1.82. The second kappa shape index (κ2) is 6.22. The smallest absolute Gasteiger partial charge is 0.322 e. The van der Waals surface area contributed by atoms with E-state index in [9.17, 15) is 9.59 Å². The molecule has 1 fully saturated rings. The van der Waals surface area contributed by atoms with Gasteiger partial charge in [-0.15, -0.1) is 0 Å². The van der Waals surface area contributed by atoms with Gasteiger partial charge in [0.2, 0.25) is 0 Å². The van der Waals surface area contributed by atoms with Crippen molar-refractivity contribution in [1.82, 2.24) is 5.32 Å². The van der Waals surface area contributed by atoms with E-state index >= 15 is 0 Å². The molecule has 1 aromatic rings. The Hall–Kier alpha value is -2.04. The maximum absolute atomic E-state index is 11.6. The molecular weight excluding hydrogens is 246 g/mol. The van der Waals surface area contributed by atoms with Crippen LogP contribution in [-0.2, 0) is 4.79 Å². The highest BCUT2D eigenvalue weighted by molar-refractivity contribution is 5.95. The molecule has 5 nitrogen and oxygen atoms in total. The third-order valence-electron chi connectivity index (χ3n) is 3.12. The summed E-state index contributed by atoms with van der Waals surface area (Å²) in [6.07, 6.45) is 4.87. The van der Waals surface area contributed by atoms with E-state index in [0.717, 1.165) is 18.6 Å². The van der Waals surface area contributed by atoms with E-state index in [-0.39, 0.29) is 12.6 Å². The Morgan fingerprint density at radius 3 is 2.42 bits per heavy atom. The molecule has 2 rings (SSSR count). The number of hydrogen-bond donors (Lipinski definition) is 2. The van der Waals surface area contributed by atoms with Crippen molar-refractivity contribution in [3.63, 3.8) is 0 Å². The van der Waals surface area contributed by atoms with Crippen molar-refractivity contribution in [2.24, 2.45) is 0 Å². The van der Waals surface area contributed by atoms with Gasteiger partial charge in [-0.2, -0.15) is 0 Å². The molecule has 0 atom stereocenters. The zero-order valence-corrected chi connectivity index (χ0v) is 10.6. The SMILES string of the molecule is O=C(O)CNC(=O)c1ccc(OC2CCCC2)cc1. The fraction of sp³-hybridized carbons (Fsp3) is 0.429. The molecule has 0 aliphatic heterocycles. The minimum Gasteiger partial charge on any atom is -0.490 e. The zero-order valence-electron chi connectivity index (χ0n) is 10.6. The van der Waals surface area contributed by atoms with Gasteiger partial charge in [0, 0.05) is 5.56 Å². The molecule has 5 heteroatoms. The number of amides is 1. The molecule has 1 amide bonds. The summed E-state index contributed by atoms with van der Waals surface area (Å²) in [5.41, 5.74) is 0.431. The molecule has 0 aromatic heterocycles. The lowest BCUT2D eigenvalue weighted by atomic mass is 10.2. The summed E-state index contributed by atoms with van der Waals surface area (Å²) in [7, 11) is 0. The molecule has 0 bridgehead atoms. The Morgan fingerprint density at radius 1 is 1.21 bits per heavy atom. The molecule has 1 saturated carbocycles. The molecule has 1 aliphatic rings. The second-order valence-electron chi connectivity index (χ2n) is 4.63. The minimum atomic E-state index is -1.06. The van der Waals surface area contributed by atoms with Crippen molar-refractivity contribution in [3.05, 3.63) is 29.8 Å². The number of carbonyl (C=O) groups is 2. The molecule has 0 radical (unpaired) electrons. The molecular formula is C14H17NO4. The van der Waals surface area contributed by atoms with Gasteiger partial charge in [0.05, 0.1) is 6.10 Å². The number of benzene rings is 1. The topological polar surface area (TPSA) is 75.6 Å². The van der Waals surface area contributed by atoms with Crippen LogP contribution in [0.2, 0.25) is 0 Å². The van der Waals surface area contributed by atoms with E-state index in [0.29, 0.717) is 5.56 Å². The highest BCUT2D eigenvalue weighted by Gasteiger charge is 2.16. The van der Waals surface area contributed by atoms with Gasteiger partial charge in [-0.25, -0.2) is 0 Å². The van der Waals surface area contributed by atoms with Gasteiger partial charge in [0.25, 0.3) is 5.91 Å². The summed E-state index contributed by atoms with van der Waals surface area (Å²) in [6, 6.07) is 6.77. The molecule has 2 N–H and O–H groups in total. The van der Waals surface area contributed by atoms with E-state index in [1.807, 2.05) is 0 Å². The van der Waals surface area contributed by atoms with Gasteiger partial charge < -0.3 is 15.2 Å². The minimum absolute atomic E-state index is 0.284. The Bertz CT molecular complexity index is 449. The summed E-state index contributed by atoms with van der Waals surface area (Å²) in [5, 5.41) is 10.8. The zero-order chi connectivity index (χ0) is 13.7. The molecule has 1 aromatic carbocycles. The number of hydrogen-bond acceptors (Lipinski definition) is 3. The Labute approximate surface area is 111 Å². The monoisotopic (exact) mass is 263 g/mol. The van der Waals surface area contributed by atoms with Crippen molar-refractivity contribution in [1.29, 1.82) is 0 Å². The Morgan fingerprint density at radius 2 is 1.84 bits per heavy atom. The highest BCUT2D eigenvalue weighted by atomic mass is 16.5. The van der Waals surface area contributed by atoms with Crippen molar-refractivity contribution < 1.29 is 19.4 Å². The lowest BCUT2D eigenvalue weighted by Crippen LogP contribution is -2.29. The first-order valence-corrected chi connectivity index (χ1v) is 6.42. The maximum atomic E-state index is 11.6. The van der Waals surface area contributed by atoms with Crippen molar-refractivity contribution in [2.45, 2.75) is 31.8 Å². The summed E-state index contributed by atoms with van der Waals surface area (Å²) in [5.74, 6) is -0.703. The van der Waals surface area contributed by atoms with E-state index in [4.69, 9.17) is 9.84 Å². The van der Waals surface area contributed by atoms with Crippen LogP contribution in [0.5, 0.6) is 5.75 Å². The van der Waals surface area contributed by atoms with Gasteiger partial charge in [-0.1, -0.05) is 0 Å². The molecule has 19 heavy (non-hydrogen) atoms. The van der Waals surface area contributed by atoms with E-state index in [2.05, 4.69) is 5.32 Å². The fourth-order valence-corrected chi connectivity index (χ4v) is 2.14. The van der Waals surface area contributed by atoms with Crippen LogP contribution in [-0.4, -0.2) is 29.6 Å². The number of aliphatic carboxylic acids is 1. The number of ether oxygens (including phenoxy) is 1. The van der Waals surface area contributed by atoms with Crippen LogP contribution in [0.4, 0.5) is 0 Å². The average Bonchev–Trinajstić information content (AvgIpc) is 2.89. The molecule has 1 aliphatic carbocycles. The summed E-state index contributed by atoms with van der Waals surface area (Å²) < 4.78 is 5.78. The summed E-state index contributed by atoms with van der Waals surface area (Å²) in [6.45, 7) is -0.376. The molecule has 102 valence electrons. The van der Waals surface area contributed by atoms with E-state index in [1.165, 1.54) is 12.8 Å². The number of carboxylic acid groups (broad SMARTS) is 1. The van der Waals surface area contributed by atoms with Crippen LogP contribution in [0.25, 0.3) is 0 Å². The largest absolute Gasteiger partial charge is 0.490 e. The third kappa shape index (κ3) is 3.98. The van der Waals surface area contributed by atoms with Crippen LogP contribution in [0.1, 0.15) is 36.0 Å². The maximum Gasteiger partial charge on any atom is 0.322 e. The van der Waals surface area contributed by atoms with Crippen molar-refractivity contribution in [2.75, 3.05) is 6.54 Å². The average molecular weight is 263 g/mol. The molecule has 0 saturated heterocycles. The van der Waals surface area contributed by atoms with Crippen LogP contribution in [0.15, 0.2) is 24.3 Å². The molecule has 0 heterocycles. The number of nitrogens with one attached hydrogen (secondary N) is 1. The first-order chi connectivity index (χ1) is 9.15. The van der Waals surface area contributed by atoms with Crippen molar-refractivity contribution in [3.8, 4) is 5.75 Å². The van der Waals surface area contributed by atoms with Crippen molar-refractivity contribution >= 4 is 11.9 Å². The van der Waals surface area contributed by atoms with E-state index < -0.39 is 11.9 Å². The predicted molar refractivity (Wildman–Crippen MR) is 69.3 cm³/mol. The van der Waals surface area contributed by atoms with Crippen LogP contribution >= 0.6 is 0 Å². The van der Waals surface area contributed by atoms with Gasteiger partial charge >= 0.3 is 5.97 Å². The molecule has 0 unspecified atom stereocenters. The standard InChI is InChI=1S/C14H17NO4/c16-13(17)9-15-14(18)10-5-7-12(8-6-10)19-11-3-1-2-4-11/h5-8,11H,1-4,9H2,(H,15,18)(H,16,17). The summed E-state index contributed by atoms with van der Waals surface area (Å²) >= 11 is 0. The Kier molecular flexibility index (Phi) is 4.39. The first-order valence-electron chi connectivity index (χ1n) is 6.42. The number of carbonyl (C=O) groups excluding carboxylic acids is 1. The summed E-state index contributed by atoms with van der Waals surface area (Å²) in [4.78, 5) is 21.9. The van der Waals surface area contributed by atoms with Gasteiger partial charge in [0.1, 0.15) is 12.3 Å². The van der Waals surface area contributed by atoms with Gasteiger partial charge in [-0.05, 0) is 49.9 Å². The van der Waals surface area contributed by atoms with Crippen LogP contribution in [0.3, 0.4) is 0 Å². The second-order valence-corrected chi connectivity index (χ2v) is 4.63. The number of carboxylic acids is 1. The lowest BCUT2D eigenvalue weighted by molar-refractivity contribution is -0.135. The highest BCUT2D eigenvalue weighted by Crippen LogP contribution is 2.24. The quantitative estimate of drug-likeness (QED) is 0.849. The normalized spacial score (nSPS) is 15.2. The van der Waals surface area contributed by atoms with Gasteiger partial charge in [0.15, 0.2) is 0 Å². The van der Waals surface area contributed by atoms with Crippen LogP contribution < -0.4 is 10.1 Å². The molecule has 0 spiro atoms. The Balaban J connectivity index is 1.89. The first kappa shape index (κ1) is 13.4.